The normalized spacial score (nSPS) is 27.6. The van der Waals surface area contributed by atoms with Gasteiger partial charge in [0.1, 0.15) is 5.78 Å². The lowest BCUT2D eigenvalue weighted by Gasteiger charge is -2.50. The van der Waals surface area contributed by atoms with E-state index in [2.05, 4.69) is 19.1 Å². The van der Waals surface area contributed by atoms with E-state index in [1.165, 1.54) is 12.7 Å². The summed E-state index contributed by atoms with van der Waals surface area (Å²) in [5.74, 6) is -0.202. The van der Waals surface area contributed by atoms with Gasteiger partial charge in [0.05, 0.1) is 17.9 Å². The molecule has 1 aromatic carbocycles. The highest BCUT2D eigenvalue weighted by Gasteiger charge is 2.59. The van der Waals surface area contributed by atoms with Crippen LogP contribution in [-0.4, -0.2) is 18.9 Å². The van der Waals surface area contributed by atoms with Gasteiger partial charge in [-0.05, 0) is 64.2 Å². The fraction of sp³-hybridized carbons (Fsp3) is 0.600. The van der Waals surface area contributed by atoms with Crippen LogP contribution in [0.1, 0.15) is 61.8 Å². The fourth-order valence-electron chi connectivity index (χ4n) is 4.85. The van der Waals surface area contributed by atoms with Gasteiger partial charge in [-0.1, -0.05) is 30.5 Å². The summed E-state index contributed by atoms with van der Waals surface area (Å²) in [6, 6.07) is 4.22. The molecule has 0 heterocycles. The van der Waals surface area contributed by atoms with Gasteiger partial charge in [0.2, 0.25) is 0 Å². The first kappa shape index (κ1) is 17.7. The lowest BCUT2D eigenvalue weighted by atomic mass is 9.51. The Hall–Kier alpha value is -1.64. The van der Waals surface area contributed by atoms with Crippen LogP contribution in [0.25, 0.3) is 0 Å². The molecule has 1 fully saturated rings. The molecule has 2 atom stereocenters. The zero-order chi connectivity index (χ0) is 17.4. The second-order valence-corrected chi connectivity index (χ2v) is 7.27. The summed E-state index contributed by atoms with van der Waals surface area (Å²) in [5, 5.41) is 0. The highest BCUT2D eigenvalue weighted by Crippen LogP contribution is 2.55. The molecule has 0 saturated heterocycles. The maximum atomic E-state index is 12.9. The molecule has 0 amide bonds. The van der Waals surface area contributed by atoms with Crippen LogP contribution in [0.5, 0.6) is 0 Å². The summed E-state index contributed by atoms with van der Waals surface area (Å²) in [6.45, 7) is 9.70. The average molecular weight is 316 g/mol. The smallest absolute Gasteiger partial charge is 0.312 e. The maximum absolute atomic E-state index is 12.9. The molecule has 0 N–H and O–H groups in total. The standard InChI is InChI=1S/C20H28O3/c1-13-11-14(2)17(15(3)12-13)20(16(4)21)10-8-7-9-19(20,5)18(22)23-6/h11-12H,7-10H2,1-6H3. The van der Waals surface area contributed by atoms with E-state index in [0.29, 0.717) is 12.8 Å². The van der Waals surface area contributed by atoms with E-state index in [1.807, 2.05) is 20.8 Å². The fourth-order valence-corrected chi connectivity index (χ4v) is 4.85. The molecular formula is C20H28O3. The molecule has 23 heavy (non-hydrogen) atoms. The van der Waals surface area contributed by atoms with Gasteiger partial charge in [0.25, 0.3) is 0 Å². The number of carbonyl (C=O) groups excluding carboxylic acids is 2. The lowest BCUT2D eigenvalue weighted by molar-refractivity contribution is -0.163. The molecule has 0 spiro atoms. The highest BCUT2D eigenvalue weighted by molar-refractivity contribution is 5.96. The van der Waals surface area contributed by atoms with Gasteiger partial charge in [-0.2, -0.15) is 0 Å². The predicted octanol–water partition coefficient (Wildman–Crippen LogP) is 4.19. The number of hydrogen-bond acceptors (Lipinski definition) is 3. The van der Waals surface area contributed by atoms with E-state index in [4.69, 9.17) is 4.74 Å². The van der Waals surface area contributed by atoms with Gasteiger partial charge >= 0.3 is 5.97 Å². The van der Waals surface area contributed by atoms with Crippen molar-refractivity contribution < 1.29 is 14.3 Å². The van der Waals surface area contributed by atoms with E-state index in [-0.39, 0.29) is 11.8 Å². The third-order valence-electron chi connectivity index (χ3n) is 5.76. The molecule has 1 aliphatic rings. The summed E-state index contributed by atoms with van der Waals surface area (Å²) in [6.07, 6.45) is 3.30. The molecule has 1 aromatic rings. The number of carbonyl (C=O) groups is 2. The van der Waals surface area contributed by atoms with Crippen molar-refractivity contribution in [2.24, 2.45) is 5.41 Å². The Morgan fingerprint density at radius 3 is 2.04 bits per heavy atom. The number of ether oxygens (including phenoxy) is 1. The van der Waals surface area contributed by atoms with Crippen molar-refractivity contribution in [2.75, 3.05) is 7.11 Å². The Labute approximate surface area is 139 Å². The van der Waals surface area contributed by atoms with Gasteiger partial charge in [0.15, 0.2) is 0 Å². The number of esters is 1. The topological polar surface area (TPSA) is 43.4 Å². The predicted molar refractivity (Wildman–Crippen MR) is 91.6 cm³/mol. The van der Waals surface area contributed by atoms with Crippen molar-refractivity contribution in [1.29, 1.82) is 0 Å². The summed E-state index contributed by atoms with van der Waals surface area (Å²) >= 11 is 0. The first-order valence-electron chi connectivity index (χ1n) is 8.38. The molecule has 2 unspecified atom stereocenters. The van der Waals surface area contributed by atoms with Crippen molar-refractivity contribution >= 4 is 11.8 Å². The highest BCUT2D eigenvalue weighted by atomic mass is 16.5. The first-order valence-corrected chi connectivity index (χ1v) is 8.38. The zero-order valence-electron chi connectivity index (χ0n) is 15.2. The Balaban J connectivity index is 2.82. The number of methoxy groups -OCH3 is 1. The van der Waals surface area contributed by atoms with Crippen LogP contribution in [0.3, 0.4) is 0 Å². The molecule has 3 nitrogen and oxygen atoms in total. The molecule has 0 aromatic heterocycles. The SMILES string of the molecule is COC(=O)C1(C)CCCCC1(C(C)=O)c1c(C)cc(C)cc1C. The molecular weight excluding hydrogens is 288 g/mol. The zero-order valence-corrected chi connectivity index (χ0v) is 15.2. The molecule has 2 rings (SSSR count). The van der Waals surface area contributed by atoms with Crippen LogP contribution >= 0.6 is 0 Å². The summed E-state index contributed by atoms with van der Waals surface area (Å²) in [4.78, 5) is 25.6. The van der Waals surface area contributed by atoms with E-state index in [1.54, 1.807) is 6.92 Å². The third kappa shape index (κ3) is 2.50. The molecule has 1 saturated carbocycles. The van der Waals surface area contributed by atoms with Crippen LogP contribution in [0.4, 0.5) is 0 Å². The van der Waals surface area contributed by atoms with E-state index < -0.39 is 10.8 Å². The summed E-state index contributed by atoms with van der Waals surface area (Å²) in [7, 11) is 1.42. The molecule has 0 aliphatic heterocycles. The van der Waals surface area contributed by atoms with Crippen LogP contribution in [0.15, 0.2) is 12.1 Å². The minimum Gasteiger partial charge on any atom is -0.469 e. The number of ketones is 1. The molecule has 1 aliphatic carbocycles. The lowest BCUT2D eigenvalue weighted by Crippen LogP contribution is -2.56. The van der Waals surface area contributed by atoms with Gasteiger partial charge < -0.3 is 4.74 Å². The largest absolute Gasteiger partial charge is 0.469 e. The summed E-state index contributed by atoms with van der Waals surface area (Å²) < 4.78 is 5.13. The minimum atomic E-state index is -0.809. The second kappa shape index (κ2) is 6.10. The van der Waals surface area contributed by atoms with Gasteiger partial charge in [-0.15, -0.1) is 0 Å². The van der Waals surface area contributed by atoms with Crippen LogP contribution < -0.4 is 0 Å². The molecule has 126 valence electrons. The number of aryl methyl sites for hydroxylation is 3. The second-order valence-electron chi connectivity index (χ2n) is 7.27. The molecule has 0 radical (unpaired) electrons. The average Bonchev–Trinajstić information content (AvgIpc) is 2.47. The van der Waals surface area contributed by atoms with Gasteiger partial charge in [-0.3, -0.25) is 9.59 Å². The Morgan fingerprint density at radius 1 is 1.04 bits per heavy atom. The van der Waals surface area contributed by atoms with Gasteiger partial charge in [-0.25, -0.2) is 0 Å². The first-order chi connectivity index (χ1) is 10.7. The van der Waals surface area contributed by atoms with Crippen LogP contribution in [0, 0.1) is 26.2 Å². The minimum absolute atomic E-state index is 0.0696. The number of rotatable bonds is 3. The van der Waals surface area contributed by atoms with Crippen LogP contribution in [0.2, 0.25) is 0 Å². The third-order valence-corrected chi connectivity index (χ3v) is 5.76. The number of hydrogen-bond donors (Lipinski definition) is 0. The van der Waals surface area contributed by atoms with Crippen LogP contribution in [-0.2, 0) is 19.7 Å². The van der Waals surface area contributed by atoms with E-state index in [0.717, 1.165) is 29.5 Å². The van der Waals surface area contributed by atoms with Gasteiger partial charge in [0, 0.05) is 0 Å². The Kier molecular flexibility index (Phi) is 4.70. The van der Waals surface area contributed by atoms with E-state index in [9.17, 15) is 9.59 Å². The number of Topliss-reactive ketones (excluding diaryl/α,β-unsaturated/α-hetero) is 1. The monoisotopic (exact) mass is 316 g/mol. The van der Waals surface area contributed by atoms with Crippen molar-refractivity contribution in [3.63, 3.8) is 0 Å². The maximum Gasteiger partial charge on any atom is 0.312 e. The quantitative estimate of drug-likeness (QED) is 0.785. The Bertz CT molecular complexity index is 623. The van der Waals surface area contributed by atoms with Crippen molar-refractivity contribution in [1.82, 2.24) is 0 Å². The Morgan fingerprint density at radius 2 is 1.57 bits per heavy atom. The van der Waals surface area contributed by atoms with E-state index >= 15 is 0 Å². The number of benzene rings is 1. The molecule has 0 bridgehead atoms. The van der Waals surface area contributed by atoms with Crippen molar-refractivity contribution in [2.45, 2.75) is 65.7 Å². The van der Waals surface area contributed by atoms with Crippen molar-refractivity contribution in [3.8, 4) is 0 Å². The van der Waals surface area contributed by atoms with Crippen molar-refractivity contribution in [3.05, 3.63) is 34.4 Å². The summed E-state index contributed by atoms with van der Waals surface area (Å²) in [5.41, 5.74) is 2.79. The molecule has 3 heteroatoms.